The second kappa shape index (κ2) is 7.85. The van der Waals surface area contributed by atoms with E-state index in [9.17, 15) is 19.2 Å². The molecule has 0 rings (SSSR count). The van der Waals surface area contributed by atoms with E-state index in [2.05, 4.69) is 0 Å². The van der Waals surface area contributed by atoms with Crippen LogP contribution in [-0.4, -0.2) is 44.3 Å². The summed E-state index contributed by atoms with van der Waals surface area (Å²) in [5.74, 6) is -7.66. The highest BCUT2D eigenvalue weighted by Crippen LogP contribution is 2.13. The highest BCUT2D eigenvalue weighted by molar-refractivity contribution is 5.79. The summed E-state index contributed by atoms with van der Waals surface area (Å²) in [5, 5.41) is 34.4. The topological polar surface area (TPSA) is 149 Å². The number of carboxylic acid groups (broad SMARTS) is 4. The maximum absolute atomic E-state index is 10.7. The summed E-state index contributed by atoms with van der Waals surface area (Å²) in [6.45, 7) is 0. The molecule has 0 spiro atoms. The molecule has 0 aliphatic carbocycles. The van der Waals surface area contributed by atoms with Gasteiger partial charge in [0, 0.05) is 0 Å². The molecule has 0 saturated carbocycles. The Kier molecular flexibility index (Phi) is 6.87. The Morgan fingerprint density at radius 3 is 1.74 bits per heavy atom. The van der Waals surface area contributed by atoms with Gasteiger partial charge in [0.2, 0.25) is 0 Å². The number of carbonyl (C=O) groups is 4. The van der Waals surface area contributed by atoms with E-state index in [1.54, 1.807) is 0 Å². The average molecular weight is 274 g/mol. The van der Waals surface area contributed by atoms with Crippen LogP contribution in [0, 0.1) is 11.8 Å². The van der Waals surface area contributed by atoms with Gasteiger partial charge >= 0.3 is 23.9 Å². The van der Waals surface area contributed by atoms with Crippen molar-refractivity contribution in [2.24, 2.45) is 11.8 Å². The number of hydrogen-bond donors (Lipinski definition) is 4. The van der Waals surface area contributed by atoms with E-state index in [1.807, 2.05) is 0 Å². The van der Waals surface area contributed by atoms with E-state index in [0.717, 1.165) is 6.08 Å². The van der Waals surface area contributed by atoms with E-state index in [0.29, 0.717) is 0 Å². The molecule has 106 valence electrons. The van der Waals surface area contributed by atoms with Crippen LogP contribution in [0.3, 0.4) is 0 Å². The molecule has 0 aromatic heterocycles. The molecule has 0 amide bonds. The summed E-state index contributed by atoms with van der Waals surface area (Å²) in [4.78, 5) is 42.2. The van der Waals surface area contributed by atoms with Crippen LogP contribution in [0.25, 0.3) is 0 Å². The molecule has 0 bridgehead atoms. The monoisotopic (exact) mass is 274 g/mol. The van der Waals surface area contributed by atoms with Gasteiger partial charge in [0.25, 0.3) is 0 Å². The van der Waals surface area contributed by atoms with Crippen LogP contribution in [0.1, 0.15) is 19.3 Å². The predicted molar refractivity (Wildman–Crippen MR) is 60.5 cm³/mol. The van der Waals surface area contributed by atoms with Gasteiger partial charge in [0.15, 0.2) is 0 Å². The fraction of sp³-hybridized carbons (Fsp3) is 0.455. The summed E-state index contributed by atoms with van der Waals surface area (Å²) in [6, 6.07) is 0. The molecule has 0 aromatic rings. The van der Waals surface area contributed by atoms with Crippen molar-refractivity contribution >= 4 is 23.9 Å². The van der Waals surface area contributed by atoms with Gasteiger partial charge in [-0.2, -0.15) is 0 Å². The third-order valence-corrected chi connectivity index (χ3v) is 2.27. The van der Waals surface area contributed by atoms with Crippen molar-refractivity contribution in [2.45, 2.75) is 19.3 Å². The van der Waals surface area contributed by atoms with Crippen LogP contribution in [-0.2, 0) is 19.2 Å². The fourth-order valence-corrected chi connectivity index (χ4v) is 1.32. The molecule has 0 radical (unpaired) electrons. The van der Waals surface area contributed by atoms with Gasteiger partial charge in [0.1, 0.15) is 0 Å². The molecule has 0 aliphatic heterocycles. The lowest BCUT2D eigenvalue weighted by Crippen LogP contribution is -2.18. The van der Waals surface area contributed by atoms with E-state index < -0.39 is 48.6 Å². The van der Waals surface area contributed by atoms with Crippen molar-refractivity contribution in [3.8, 4) is 0 Å². The highest BCUT2D eigenvalue weighted by Gasteiger charge is 2.21. The van der Waals surface area contributed by atoms with Crippen LogP contribution in [0.5, 0.6) is 0 Å². The molecule has 8 nitrogen and oxygen atoms in total. The second-order valence-corrected chi connectivity index (χ2v) is 3.84. The molecule has 4 N–H and O–H groups in total. The van der Waals surface area contributed by atoms with Gasteiger partial charge in [-0.1, -0.05) is 12.2 Å². The SMILES string of the molecule is O=C(O)CC(C=CCC(CC(=O)O)C(=O)O)C(=O)O. The minimum absolute atomic E-state index is 0.176. The third-order valence-electron chi connectivity index (χ3n) is 2.27. The zero-order valence-electron chi connectivity index (χ0n) is 9.85. The molecule has 19 heavy (non-hydrogen) atoms. The van der Waals surface area contributed by atoms with Crippen LogP contribution < -0.4 is 0 Å². The summed E-state index contributed by atoms with van der Waals surface area (Å²) >= 11 is 0. The maximum atomic E-state index is 10.7. The molecule has 0 aromatic carbocycles. The standard InChI is InChI=1S/C11H14O8/c12-8(13)4-6(10(16)17)2-1-3-7(11(18)19)5-9(14)15/h1-2,6-7H,3-5H2,(H,12,13)(H,14,15)(H,16,17)(H,18,19). The summed E-state index contributed by atoms with van der Waals surface area (Å²) in [6.07, 6.45) is 0.863. The molecule has 2 unspecified atom stereocenters. The quantitative estimate of drug-likeness (QED) is 0.438. The van der Waals surface area contributed by atoms with Crippen LogP contribution in [0.4, 0.5) is 0 Å². The lowest BCUT2D eigenvalue weighted by molar-refractivity contribution is -0.148. The number of aliphatic carboxylic acids is 4. The first-order valence-electron chi connectivity index (χ1n) is 5.30. The zero-order valence-corrected chi connectivity index (χ0v) is 9.85. The first-order valence-corrected chi connectivity index (χ1v) is 5.30. The Labute approximate surface area is 108 Å². The molecular weight excluding hydrogens is 260 g/mol. The summed E-state index contributed by atoms with van der Waals surface area (Å²) < 4.78 is 0. The van der Waals surface area contributed by atoms with Gasteiger partial charge in [0.05, 0.1) is 24.7 Å². The van der Waals surface area contributed by atoms with Gasteiger partial charge in [-0.15, -0.1) is 0 Å². The van der Waals surface area contributed by atoms with Gasteiger partial charge in [-0.3, -0.25) is 19.2 Å². The molecule has 0 saturated heterocycles. The number of hydrogen-bond acceptors (Lipinski definition) is 4. The lowest BCUT2D eigenvalue weighted by Gasteiger charge is -2.07. The molecule has 2 atom stereocenters. The second-order valence-electron chi connectivity index (χ2n) is 3.84. The number of rotatable bonds is 9. The van der Waals surface area contributed by atoms with E-state index >= 15 is 0 Å². The molecule has 8 heteroatoms. The van der Waals surface area contributed by atoms with Crippen molar-refractivity contribution in [1.29, 1.82) is 0 Å². The predicted octanol–water partition coefficient (Wildman–Crippen LogP) is 0.284. The summed E-state index contributed by atoms with van der Waals surface area (Å²) in [5.41, 5.74) is 0. The largest absolute Gasteiger partial charge is 0.481 e. The van der Waals surface area contributed by atoms with Crippen molar-refractivity contribution in [1.82, 2.24) is 0 Å². The van der Waals surface area contributed by atoms with Gasteiger partial charge in [-0.25, -0.2) is 0 Å². The molecule has 0 heterocycles. The normalized spacial score (nSPS) is 13.9. The van der Waals surface area contributed by atoms with Crippen LogP contribution in [0.2, 0.25) is 0 Å². The first-order chi connectivity index (χ1) is 8.73. The van der Waals surface area contributed by atoms with E-state index in [1.165, 1.54) is 6.08 Å². The first kappa shape index (κ1) is 16.6. The van der Waals surface area contributed by atoms with Crippen LogP contribution in [0.15, 0.2) is 12.2 Å². The van der Waals surface area contributed by atoms with Crippen LogP contribution >= 0.6 is 0 Å². The van der Waals surface area contributed by atoms with Crippen molar-refractivity contribution in [3.05, 3.63) is 12.2 Å². The number of allylic oxidation sites excluding steroid dienone is 1. The Balaban J connectivity index is 4.57. The van der Waals surface area contributed by atoms with Gasteiger partial charge < -0.3 is 20.4 Å². The lowest BCUT2D eigenvalue weighted by atomic mass is 9.99. The van der Waals surface area contributed by atoms with Crippen molar-refractivity contribution in [2.75, 3.05) is 0 Å². The third kappa shape index (κ3) is 7.53. The van der Waals surface area contributed by atoms with Gasteiger partial charge in [-0.05, 0) is 6.42 Å². The Hall–Kier alpha value is -2.38. The number of carboxylic acids is 4. The van der Waals surface area contributed by atoms with Crippen molar-refractivity contribution < 1.29 is 39.6 Å². The van der Waals surface area contributed by atoms with E-state index in [4.69, 9.17) is 20.4 Å². The minimum Gasteiger partial charge on any atom is -0.481 e. The Morgan fingerprint density at radius 2 is 1.37 bits per heavy atom. The van der Waals surface area contributed by atoms with Crippen molar-refractivity contribution in [3.63, 3.8) is 0 Å². The Bertz CT molecular complexity index is 397. The highest BCUT2D eigenvalue weighted by atomic mass is 16.4. The smallest absolute Gasteiger partial charge is 0.310 e. The maximum Gasteiger partial charge on any atom is 0.310 e. The Morgan fingerprint density at radius 1 is 0.842 bits per heavy atom. The zero-order chi connectivity index (χ0) is 15.0. The molecular formula is C11H14O8. The molecule has 0 fully saturated rings. The van der Waals surface area contributed by atoms with E-state index in [-0.39, 0.29) is 6.42 Å². The minimum atomic E-state index is -1.34. The summed E-state index contributed by atoms with van der Waals surface area (Å²) in [7, 11) is 0. The molecule has 0 aliphatic rings. The average Bonchev–Trinajstić information content (AvgIpc) is 2.24. The fourth-order valence-electron chi connectivity index (χ4n) is 1.32.